The van der Waals surface area contributed by atoms with E-state index < -0.39 is 0 Å². The van der Waals surface area contributed by atoms with Crippen LogP contribution in [0.4, 0.5) is 0 Å². The lowest BCUT2D eigenvalue weighted by Gasteiger charge is -2.30. The van der Waals surface area contributed by atoms with Gasteiger partial charge in [0, 0.05) is 12.1 Å². The van der Waals surface area contributed by atoms with E-state index in [0.717, 1.165) is 53.3 Å². The van der Waals surface area contributed by atoms with Crippen LogP contribution in [0.2, 0.25) is 0 Å². The van der Waals surface area contributed by atoms with E-state index >= 15 is 0 Å². The molecule has 5 nitrogen and oxygen atoms in total. The third kappa shape index (κ3) is 7.15. The van der Waals surface area contributed by atoms with Crippen LogP contribution in [0.5, 0.6) is 5.75 Å². The summed E-state index contributed by atoms with van der Waals surface area (Å²) in [5, 5.41) is 9.98. The van der Waals surface area contributed by atoms with E-state index in [1.165, 1.54) is 16.7 Å². The van der Waals surface area contributed by atoms with Crippen molar-refractivity contribution in [2.24, 2.45) is 0 Å². The smallest absolute Gasteiger partial charge is 0.270 e. The number of benzene rings is 2. The summed E-state index contributed by atoms with van der Waals surface area (Å²) in [6.45, 7) is 19.0. The summed E-state index contributed by atoms with van der Waals surface area (Å²) in [6.07, 6.45) is 3.81. The molecule has 2 aromatic carbocycles. The Bertz CT molecular complexity index is 1500. The van der Waals surface area contributed by atoms with E-state index in [1.807, 2.05) is 29.6 Å². The molecule has 4 rings (SSSR count). The highest BCUT2D eigenvalue weighted by atomic mass is 32.1. The van der Waals surface area contributed by atoms with Crippen molar-refractivity contribution in [1.82, 2.24) is 15.1 Å². The van der Waals surface area contributed by atoms with Gasteiger partial charge in [0.2, 0.25) is 0 Å². The standard InChI is InChI=1S/C36H47N3O2S/c1-9-35(5,6)27-16-18-32(28(23-27)36(7,8)10-2)41-20-12-11-19-37-34(40)31-24-29(33-14-13-21-42-33)38-39(31)30-17-15-25(3)22-26(30)4/h13-18,21-24H,9-12,19-20H2,1-8H3,(H,37,40). The molecule has 0 atom stereocenters. The van der Waals surface area contributed by atoms with Gasteiger partial charge >= 0.3 is 0 Å². The van der Waals surface area contributed by atoms with Crippen LogP contribution in [-0.4, -0.2) is 28.8 Å². The Hall–Kier alpha value is -3.38. The van der Waals surface area contributed by atoms with Crippen LogP contribution in [0.1, 0.15) is 100.0 Å². The maximum Gasteiger partial charge on any atom is 0.270 e. The number of carbonyl (C=O) groups excluding carboxylic acids is 1. The average molecular weight is 586 g/mol. The molecule has 0 unspecified atom stereocenters. The van der Waals surface area contributed by atoms with E-state index in [-0.39, 0.29) is 16.7 Å². The molecule has 1 amide bonds. The number of aromatic nitrogens is 2. The van der Waals surface area contributed by atoms with Gasteiger partial charge in [0.1, 0.15) is 17.1 Å². The normalized spacial score (nSPS) is 12.0. The Morgan fingerprint density at radius 1 is 0.952 bits per heavy atom. The molecule has 224 valence electrons. The number of amides is 1. The number of unbranched alkanes of at least 4 members (excludes halogenated alkanes) is 1. The van der Waals surface area contributed by atoms with Crippen LogP contribution >= 0.6 is 11.3 Å². The summed E-state index contributed by atoms with van der Waals surface area (Å²) in [7, 11) is 0. The minimum absolute atomic E-state index is 0.0316. The zero-order chi connectivity index (χ0) is 30.5. The molecule has 1 N–H and O–H groups in total. The molecule has 0 radical (unpaired) electrons. The first-order valence-corrected chi connectivity index (χ1v) is 16.1. The van der Waals surface area contributed by atoms with E-state index in [4.69, 9.17) is 9.84 Å². The second kappa shape index (κ2) is 13.3. The van der Waals surface area contributed by atoms with Crippen LogP contribution in [0.15, 0.2) is 60.0 Å². The van der Waals surface area contributed by atoms with Crippen LogP contribution in [0.25, 0.3) is 16.3 Å². The molecule has 0 saturated heterocycles. The van der Waals surface area contributed by atoms with Crippen molar-refractivity contribution in [1.29, 1.82) is 0 Å². The molecule has 42 heavy (non-hydrogen) atoms. The lowest BCUT2D eigenvalue weighted by Crippen LogP contribution is -2.27. The highest BCUT2D eigenvalue weighted by Crippen LogP contribution is 2.38. The third-order valence-electron chi connectivity index (χ3n) is 8.67. The maximum atomic E-state index is 13.4. The van der Waals surface area contributed by atoms with Crippen molar-refractivity contribution in [3.8, 4) is 22.0 Å². The quantitative estimate of drug-likeness (QED) is 0.159. The Morgan fingerprint density at radius 3 is 2.38 bits per heavy atom. The fraction of sp³-hybridized carbons (Fsp3) is 0.444. The van der Waals surface area contributed by atoms with E-state index in [0.29, 0.717) is 18.8 Å². The lowest BCUT2D eigenvalue weighted by molar-refractivity contribution is 0.0944. The molecule has 0 bridgehead atoms. The Labute approximate surface area is 256 Å². The monoisotopic (exact) mass is 585 g/mol. The van der Waals surface area contributed by atoms with Gasteiger partial charge in [-0.1, -0.05) is 77.4 Å². The molecule has 0 aliphatic heterocycles. The van der Waals surface area contributed by atoms with Crippen LogP contribution in [0.3, 0.4) is 0 Å². The van der Waals surface area contributed by atoms with Crippen molar-refractivity contribution >= 4 is 17.2 Å². The number of carbonyl (C=O) groups is 1. The number of hydrogen-bond acceptors (Lipinski definition) is 4. The summed E-state index contributed by atoms with van der Waals surface area (Å²) >= 11 is 1.62. The number of nitrogens with zero attached hydrogens (tertiary/aromatic N) is 2. The Morgan fingerprint density at radius 2 is 1.71 bits per heavy atom. The van der Waals surface area contributed by atoms with Crippen molar-refractivity contribution < 1.29 is 9.53 Å². The predicted molar refractivity (Wildman–Crippen MR) is 176 cm³/mol. The number of rotatable bonds is 13. The second-order valence-electron chi connectivity index (χ2n) is 12.6. The number of ether oxygens (including phenoxy) is 1. The SMILES string of the molecule is CCC(C)(C)c1ccc(OCCCCNC(=O)c2cc(-c3cccs3)nn2-c2ccc(C)cc2C)c(C(C)(C)CC)c1. The average Bonchev–Trinajstić information content (AvgIpc) is 3.65. The first-order valence-electron chi connectivity index (χ1n) is 15.2. The number of nitrogens with one attached hydrogen (secondary N) is 1. The van der Waals surface area contributed by atoms with Gasteiger partial charge in [0.15, 0.2) is 0 Å². The molecular formula is C36H47N3O2S. The van der Waals surface area contributed by atoms with Crippen LogP contribution in [-0.2, 0) is 10.8 Å². The zero-order valence-electron chi connectivity index (χ0n) is 26.6. The van der Waals surface area contributed by atoms with Gasteiger partial charge in [0.05, 0.1) is 17.2 Å². The van der Waals surface area contributed by atoms with Gasteiger partial charge in [-0.05, 0) is 91.1 Å². The Kier molecular flexibility index (Phi) is 9.98. The fourth-order valence-electron chi connectivity index (χ4n) is 5.02. The first kappa shape index (κ1) is 31.6. The van der Waals surface area contributed by atoms with Gasteiger partial charge in [-0.15, -0.1) is 11.3 Å². The van der Waals surface area contributed by atoms with Gasteiger partial charge < -0.3 is 10.1 Å². The molecule has 0 spiro atoms. The molecule has 2 aromatic heterocycles. The molecule has 0 fully saturated rings. The summed E-state index contributed by atoms with van der Waals surface area (Å²) in [5.41, 5.74) is 7.33. The third-order valence-corrected chi connectivity index (χ3v) is 9.56. The molecule has 0 aliphatic carbocycles. The van der Waals surface area contributed by atoms with Gasteiger partial charge in [-0.2, -0.15) is 5.10 Å². The first-order chi connectivity index (χ1) is 20.0. The summed E-state index contributed by atoms with van der Waals surface area (Å²) in [6, 6.07) is 18.9. The zero-order valence-corrected chi connectivity index (χ0v) is 27.5. The fourth-order valence-corrected chi connectivity index (χ4v) is 5.70. The topological polar surface area (TPSA) is 56.1 Å². The van der Waals surface area contributed by atoms with Gasteiger partial charge in [-0.3, -0.25) is 4.79 Å². The second-order valence-corrected chi connectivity index (χ2v) is 13.5. The van der Waals surface area contributed by atoms with E-state index in [2.05, 4.69) is 91.0 Å². The minimum Gasteiger partial charge on any atom is -0.493 e. The van der Waals surface area contributed by atoms with Crippen LogP contribution in [0, 0.1) is 13.8 Å². The van der Waals surface area contributed by atoms with Crippen LogP contribution < -0.4 is 10.1 Å². The highest BCUT2D eigenvalue weighted by Gasteiger charge is 2.26. The number of thiophene rings is 1. The van der Waals surface area contributed by atoms with Gasteiger partial charge in [0.25, 0.3) is 5.91 Å². The molecule has 0 aliphatic rings. The van der Waals surface area contributed by atoms with Crippen molar-refractivity contribution in [3.63, 3.8) is 0 Å². The Balaban J connectivity index is 1.40. The van der Waals surface area contributed by atoms with Crippen molar-refractivity contribution in [3.05, 3.63) is 87.9 Å². The molecular weight excluding hydrogens is 538 g/mol. The minimum atomic E-state index is -0.118. The summed E-state index contributed by atoms with van der Waals surface area (Å²) in [4.78, 5) is 14.4. The highest BCUT2D eigenvalue weighted by molar-refractivity contribution is 7.13. The summed E-state index contributed by atoms with van der Waals surface area (Å²) in [5.74, 6) is 0.854. The van der Waals surface area contributed by atoms with Crippen molar-refractivity contribution in [2.45, 2.75) is 91.9 Å². The van der Waals surface area contributed by atoms with E-state index in [1.54, 1.807) is 16.0 Å². The van der Waals surface area contributed by atoms with E-state index in [9.17, 15) is 4.79 Å². The predicted octanol–water partition coefficient (Wildman–Crippen LogP) is 9.18. The largest absolute Gasteiger partial charge is 0.493 e. The molecule has 6 heteroatoms. The van der Waals surface area contributed by atoms with Crippen molar-refractivity contribution in [2.75, 3.05) is 13.2 Å². The van der Waals surface area contributed by atoms with Gasteiger partial charge in [-0.25, -0.2) is 4.68 Å². The lowest BCUT2D eigenvalue weighted by atomic mass is 9.76. The molecule has 2 heterocycles. The maximum absolute atomic E-state index is 13.4. The summed E-state index contributed by atoms with van der Waals surface area (Å²) < 4.78 is 8.12. The number of hydrogen-bond donors (Lipinski definition) is 1. The molecule has 0 saturated carbocycles. The number of aryl methyl sites for hydroxylation is 2. The molecule has 4 aromatic rings.